The topological polar surface area (TPSA) is 86.1 Å². The zero-order chi connectivity index (χ0) is 12.8. The van der Waals surface area contributed by atoms with Crippen molar-refractivity contribution >= 4 is 11.9 Å². The van der Waals surface area contributed by atoms with Crippen LogP contribution in [0.5, 0.6) is 0 Å². The first kappa shape index (κ1) is 13.1. The van der Waals surface area contributed by atoms with Gasteiger partial charge in [-0.25, -0.2) is 9.48 Å². The van der Waals surface area contributed by atoms with Crippen LogP contribution >= 0.6 is 0 Å². The molecule has 7 heteroatoms. The summed E-state index contributed by atoms with van der Waals surface area (Å²) >= 11 is 0. The standard InChI is InChI=1S/C10H16N4O3/c1-4-5-7-9(10(16)17-3)12-13-14(7)6-8(15)11-2/h4-6H2,1-3H3,(H,11,15). The van der Waals surface area contributed by atoms with Crippen molar-refractivity contribution in [2.45, 2.75) is 26.3 Å². The highest BCUT2D eigenvalue weighted by molar-refractivity contribution is 5.88. The van der Waals surface area contributed by atoms with Gasteiger partial charge in [0, 0.05) is 7.05 Å². The molecule has 0 aromatic carbocycles. The number of likely N-dealkylation sites (N-methyl/N-ethyl adjacent to an activating group) is 1. The van der Waals surface area contributed by atoms with Crippen LogP contribution < -0.4 is 5.32 Å². The minimum Gasteiger partial charge on any atom is -0.464 e. The van der Waals surface area contributed by atoms with E-state index in [0.717, 1.165) is 6.42 Å². The third-order valence-corrected chi connectivity index (χ3v) is 2.28. The van der Waals surface area contributed by atoms with Crippen molar-refractivity contribution < 1.29 is 14.3 Å². The molecule has 0 aliphatic carbocycles. The molecule has 0 aliphatic heterocycles. The Kier molecular flexibility index (Phi) is 4.62. The normalized spacial score (nSPS) is 10.1. The van der Waals surface area contributed by atoms with Crippen LogP contribution in [0.25, 0.3) is 0 Å². The summed E-state index contributed by atoms with van der Waals surface area (Å²) in [4.78, 5) is 22.7. The summed E-state index contributed by atoms with van der Waals surface area (Å²) in [6.07, 6.45) is 1.44. The van der Waals surface area contributed by atoms with E-state index in [2.05, 4.69) is 20.4 Å². The highest BCUT2D eigenvalue weighted by Crippen LogP contribution is 2.09. The lowest BCUT2D eigenvalue weighted by Crippen LogP contribution is -2.25. The molecule has 0 spiro atoms. The van der Waals surface area contributed by atoms with Crippen molar-refractivity contribution in [1.29, 1.82) is 0 Å². The zero-order valence-corrected chi connectivity index (χ0v) is 10.2. The Morgan fingerprint density at radius 1 is 1.47 bits per heavy atom. The molecule has 0 saturated carbocycles. The van der Waals surface area contributed by atoms with E-state index in [9.17, 15) is 9.59 Å². The number of nitrogens with one attached hydrogen (secondary N) is 1. The minimum atomic E-state index is -0.531. The Balaban J connectivity index is 3.01. The van der Waals surface area contributed by atoms with Crippen LogP contribution in [0.1, 0.15) is 29.5 Å². The maximum atomic E-state index is 11.4. The van der Waals surface area contributed by atoms with Gasteiger partial charge in [0.25, 0.3) is 0 Å². The molecule has 94 valence electrons. The summed E-state index contributed by atoms with van der Waals surface area (Å²) in [5.41, 5.74) is 0.807. The summed E-state index contributed by atoms with van der Waals surface area (Å²) in [5, 5.41) is 10.0. The molecule has 1 heterocycles. The molecule has 1 aromatic rings. The van der Waals surface area contributed by atoms with E-state index in [1.165, 1.54) is 11.8 Å². The maximum absolute atomic E-state index is 11.4. The number of carbonyl (C=O) groups excluding carboxylic acids is 2. The number of rotatable bonds is 5. The van der Waals surface area contributed by atoms with E-state index in [0.29, 0.717) is 12.1 Å². The first-order valence-corrected chi connectivity index (χ1v) is 5.35. The third kappa shape index (κ3) is 3.02. The molecule has 0 fully saturated rings. The number of hydrogen-bond acceptors (Lipinski definition) is 5. The first-order chi connectivity index (χ1) is 8.13. The Morgan fingerprint density at radius 3 is 2.71 bits per heavy atom. The van der Waals surface area contributed by atoms with Gasteiger partial charge in [0.2, 0.25) is 5.91 Å². The molecule has 0 atom stereocenters. The van der Waals surface area contributed by atoms with Crippen molar-refractivity contribution in [2.24, 2.45) is 0 Å². The van der Waals surface area contributed by atoms with E-state index in [1.54, 1.807) is 7.05 Å². The van der Waals surface area contributed by atoms with E-state index in [4.69, 9.17) is 0 Å². The van der Waals surface area contributed by atoms with E-state index < -0.39 is 5.97 Å². The fraction of sp³-hybridized carbons (Fsp3) is 0.600. The predicted octanol–water partition coefficient (Wildman–Crippen LogP) is -0.237. The van der Waals surface area contributed by atoms with E-state index in [1.807, 2.05) is 6.92 Å². The van der Waals surface area contributed by atoms with Gasteiger partial charge in [0.05, 0.1) is 12.8 Å². The van der Waals surface area contributed by atoms with Crippen molar-refractivity contribution in [3.05, 3.63) is 11.4 Å². The van der Waals surface area contributed by atoms with Gasteiger partial charge in [0.1, 0.15) is 6.54 Å². The van der Waals surface area contributed by atoms with Crippen molar-refractivity contribution in [3.8, 4) is 0 Å². The average Bonchev–Trinajstić information content (AvgIpc) is 2.72. The summed E-state index contributed by atoms with van der Waals surface area (Å²) in [7, 11) is 2.83. The summed E-state index contributed by atoms with van der Waals surface area (Å²) in [6.45, 7) is 2.02. The fourth-order valence-corrected chi connectivity index (χ4v) is 1.41. The quantitative estimate of drug-likeness (QED) is 0.718. The Morgan fingerprint density at radius 2 is 2.18 bits per heavy atom. The summed E-state index contributed by atoms with van der Waals surface area (Å²) < 4.78 is 6.04. The van der Waals surface area contributed by atoms with Gasteiger partial charge >= 0.3 is 5.97 Å². The Bertz CT molecular complexity index is 414. The summed E-state index contributed by atoms with van der Waals surface area (Å²) in [6, 6.07) is 0. The molecular weight excluding hydrogens is 224 g/mol. The minimum absolute atomic E-state index is 0.0514. The summed E-state index contributed by atoms with van der Waals surface area (Å²) in [5.74, 6) is -0.722. The van der Waals surface area contributed by atoms with Crippen LogP contribution in [-0.2, 0) is 22.5 Å². The van der Waals surface area contributed by atoms with Crippen molar-refractivity contribution in [1.82, 2.24) is 20.3 Å². The lowest BCUT2D eigenvalue weighted by Gasteiger charge is -2.05. The van der Waals surface area contributed by atoms with Gasteiger partial charge in [-0.3, -0.25) is 4.79 Å². The highest BCUT2D eigenvalue weighted by Gasteiger charge is 2.20. The van der Waals surface area contributed by atoms with Crippen LogP contribution in [0.2, 0.25) is 0 Å². The second-order valence-electron chi connectivity index (χ2n) is 3.46. The fourth-order valence-electron chi connectivity index (χ4n) is 1.41. The lowest BCUT2D eigenvalue weighted by molar-refractivity contribution is -0.121. The maximum Gasteiger partial charge on any atom is 0.360 e. The Labute approximate surface area is 99.1 Å². The molecule has 0 saturated heterocycles. The van der Waals surface area contributed by atoms with Crippen LogP contribution in [0.4, 0.5) is 0 Å². The van der Waals surface area contributed by atoms with Crippen LogP contribution in [0, 0.1) is 0 Å². The molecule has 0 radical (unpaired) electrons. The number of aromatic nitrogens is 3. The molecule has 1 N–H and O–H groups in total. The largest absolute Gasteiger partial charge is 0.464 e. The number of esters is 1. The van der Waals surface area contributed by atoms with E-state index >= 15 is 0 Å². The highest BCUT2D eigenvalue weighted by atomic mass is 16.5. The molecular formula is C10H16N4O3. The van der Waals surface area contributed by atoms with Gasteiger partial charge in [-0.2, -0.15) is 0 Å². The molecule has 0 bridgehead atoms. The van der Waals surface area contributed by atoms with Gasteiger partial charge in [0.15, 0.2) is 5.69 Å². The van der Waals surface area contributed by atoms with Crippen molar-refractivity contribution in [3.63, 3.8) is 0 Å². The number of ether oxygens (including phenoxy) is 1. The lowest BCUT2D eigenvalue weighted by atomic mass is 10.2. The average molecular weight is 240 g/mol. The number of amides is 1. The number of methoxy groups -OCH3 is 1. The molecule has 17 heavy (non-hydrogen) atoms. The first-order valence-electron chi connectivity index (χ1n) is 5.35. The third-order valence-electron chi connectivity index (χ3n) is 2.28. The predicted molar refractivity (Wildman–Crippen MR) is 59.4 cm³/mol. The molecule has 0 unspecified atom stereocenters. The smallest absolute Gasteiger partial charge is 0.360 e. The van der Waals surface area contributed by atoms with Gasteiger partial charge in [-0.15, -0.1) is 5.10 Å². The molecule has 7 nitrogen and oxygen atoms in total. The molecule has 1 rings (SSSR count). The number of nitrogens with zero attached hydrogens (tertiary/aromatic N) is 3. The molecule has 1 aromatic heterocycles. The van der Waals surface area contributed by atoms with Gasteiger partial charge < -0.3 is 10.1 Å². The van der Waals surface area contributed by atoms with Crippen LogP contribution in [0.3, 0.4) is 0 Å². The molecule has 0 aliphatic rings. The van der Waals surface area contributed by atoms with Crippen LogP contribution in [-0.4, -0.2) is 41.0 Å². The van der Waals surface area contributed by atoms with Crippen molar-refractivity contribution in [2.75, 3.05) is 14.2 Å². The monoisotopic (exact) mass is 240 g/mol. The second-order valence-corrected chi connectivity index (χ2v) is 3.46. The number of carbonyl (C=O) groups is 2. The zero-order valence-electron chi connectivity index (χ0n) is 10.2. The molecule has 1 amide bonds. The second kappa shape index (κ2) is 5.97. The Hall–Kier alpha value is -1.92. The number of hydrogen-bond donors (Lipinski definition) is 1. The van der Waals surface area contributed by atoms with E-state index in [-0.39, 0.29) is 18.1 Å². The SMILES string of the molecule is CCCc1c(C(=O)OC)nnn1CC(=O)NC. The van der Waals surface area contributed by atoms with Gasteiger partial charge in [-0.05, 0) is 6.42 Å². The van der Waals surface area contributed by atoms with Crippen LogP contribution in [0.15, 0.2) is 0 Å². The van der Waals surface area contributed by atoms with Gasteiger partial charge in [-0.1, -0.05) is 18.6 Å².